The maximum absolute atomic E-state index is 5.60. The van der Waals surface area contributed by atoms with Crippen molar-refractivity contribution in [2.45, 2.75) is 31.8 Å². The molecule has 1 aliphatic heterocycles. The van der Waals surface area contributed by atoms with Gasteiger partial charge in [0.05, 0.1) is 6.20 Å². The van der Waals surface area contributed by atoms with Crippen molar-refractivity contribution in [1.82, 2.24) is 4.98 Å². The van der Waals surface area contributed by atoms with Gasteiger partial charge in [-0.25, -0.2) is 4.98 Å². The molecule has 4 heteroatoms. The number of aromatic nitrogens is 1. The monoisotopic (exact) mass is 215 g/mol. The minimum Gasteiger partial charge on any atom is -0.443 e. The lowest BCUT2D eigenvalue weighted by atomic mass is 10.1. The third kappa shape index (κ3) is 2.28. The second-order valence-electron chi connectivity index (χ2n) is 3.45. The van der Waals surface area contributed by atoms with Crippen molar-refractivity contribution in [3.63, 3.8) is 0 Å². The molecule has 0 aromatic carbocycles. The Labute approximate surface area is 88.4 Å². The van der Waals surface area contributed by atoms with Gasteiger partial charge in [0.2, 0.25) is 0 Å². The minimum atomic E-state index is 0.111. The van der Waals surface area contributed by atoms with E-state index in [0.29, 0.717) is 18.2 Å². The molecule has 0 aliphatic carbocycles. The van der Waals surface area contributed by atoms with E-state index < -0.39 is 0 Å². The number of hydrogen-bond donors (Lipinski definition) is 0. The maximum Gasteiger partial charge on any atom is 0.195 e. The average molecular weight is 216 g/mol. The highest BCUT2D eigenvalue weighted by Crippen LogP contribution is 2.28. The molecule has 2 rings (SSSR count). The first-order valence-electron chi connectivity index (χ1n) is 5.02. The molecule has 0 bridgehead atoms. The Kier molecular flexibility index (Phi) is 3.43. The van der Waals surface area contributed by atoms with E-state index in [4.69, 9.17) is 20.8 Å². The van der Waals surface area contributed by atoms with Gasteiger partial charge < -0.3 is 9.15 Å². The Bertz CT molecular complexity index is 281. The Morgan fingerprint density at radius 2 is 2.43 bits per heavy atom. The number of alkyl halides is 1. The molecule has 0 saturated carbocycles. The molecule has 1 aromatic heterocycles. The molecule has 0 N–H and O–H groups in total. The first-order chi connectivity index (χ1) is 6.90. The first kappa shape index (κ1) is 9.99. The first-order valence-corrected chi connectivity index (χ1v) is 5.56. The molecule has 1 aromatic rings. The zero-order valence-electron chi connectivity index (χ0n) is 8.04. The van der Waals surface area contributed by atoms with Crippen molar-refractivity contribution >= 4 is 11.6 Å². The fraction of sp³-hybridized carbons (Fsp3) is 0.700. The van der Waals surface area contributed by atoms with Crippen LogP contribution in [-0.4, -0.2) is 17.5 Å². The Hall–Kier alpha value is -0.540. The number of aryl methyl sites for hydroxylation is 1. The van der Waals surface area contributed by atoms with Gasteiger partial charge in [-0.3, -0.25) is 0 Å². The molecule has 0 spiro atoms. The van der Waals surface area contributed by atoms with Crippen LogP contribution in [0.1, 0.15) is 37.0 Å². The predicted octanol–water partition coefficient (Wildman–Crippen LogP) is 2.70. The molecule has 1 fully saturated rings. The summed E-state index contributed by atoms with van der Waals surface area (Å²) in [5.74, 6) is 2.11. The molecule has 0 radical (unpaired) electrons. The summed E-state index contributed by atoms with van der Waals surface area (Å²) in [5.41, 5.74) is 0. The van der Waals surface area contributed by atoms with Crippen LogP contribution in [0.3, 0.4) is 0 Å². The summed E-state index contributed by atoms with van der Waals surface area (Å²) in [6.07, 6.45) is 5.96. The van der Waals surface area contributed by atoms with E-state index in [1.54, 1.807) is 6.20 Å². The van der Waals surface area contributed by atoms with Crippen LogP contribution in [0.25, 0.3) is 0 Å². The zero-order chi connectivity index (χ0) is 9.80. The summed E-state index contributed by atoms with van der Waals surface area (Å²) in [6, 6.07) is 0. The molecular formula is C10H14ClNO2. The number of hydrogen-bond acceptors (Lipinski definition) is 3. The number of nitrogens with zero attached hydrogens (tertiary/aromatic N) is 1. The Morgan fingerprint density at radius 1 is 1.50 bits per heavy atom. The summed E-state index contributed by atoms with van der Waals surface area (Å²) in [4.78, 5) is 4.15. The van der Waals surface area contributed by atoms with E-state index in [1.807, 2.05) is 0 Å². The van der Waals surface area contributed by atoms with Crippen molar-refractivity contribution in [1.29, 1.82) is 0 Å². The zero-order valence-corrected chi connectivity index (χ0v) is 8.79. The van der Waals surface area contributed by atoms with Gasteiger partial charge in [0.15, 0.2) is 11.7 Å². The maximum atomic E-state index is 5.60. The van der Waals surface area contributed by atoms with E-state index in [0.717, 1.165) is 25.2 Å². The molecule has 14 heavy (non-hydrogen) atoms. The van der Waals surface area contributed by atoms with Crippen LogP contribution in [0.15, 0.2) is 10.6 Å². The lowest BCUT2D eigenvalue weighted by molar-refractivity contribution is 0.00132. The smallest absolute Gasteiger partial charge is 0.195 e. The topological polar surface area (TPSA) is 35.3 Å². The molecule has 1 saturated heterocycles. The highest BCUT2D eigenvalue weighted by Gasteiger charge is 2.19. The number of rotatable bonds is 3. The fourth-order valence-corrected chi connectivity index (χ4v) is 1.80. The third-order valence-corrected chi connectivity index (χ3v) is 2.57. The summed E-state index contributed by atoms with van der Waals surface area (Å²) in [6.45, 7) is 0.830. The summed E-state index contributed by atoms with van der Waals surface area (Å²) >= 11 is 5.60. The van der Waals surface area contributed by atoms with Gasteiger partial charge >= 0.3 is 0 Å². The Morgan fingerprint density at radius 3 is 3.14 bits per heavy atom. The lowest BCUT2D eigenvalue weighted by Gasteiger charge is -2.19. The second kappa shape index (κ2) is 4.80. The van der Waals surface area contributed by atoms with Crippen molar-refractivity contribution in [3.8, 4) is 0 Å². The van der Waals surface area contributed by atoms with Crippen molar-refractivity contribution < 1.29 is 9.15 Å². The summed E-state index contributed by atoms with van der Waals surface area (Å²) in [7, 11) is 0. The average Bonchev–Trinajstić information content (AvgIpc) is 2.68. The molecule has 78 valence electrons. The lowest BCUT2D eigenvalue weighted by Crippen LogP contribution is -2.10. The largest absolute Gasteiger partial charge is 0.443 e. The van der Waals surface area contributed by atoms with Crippen LogP contribution in [0.2, 0.25) is 0 Å². The quantitative estimate of drug-likeness (QED) is 0.728. The second-order valence-corrected chi connectivity index (χ2v) is 3.83. The summed E-state index contributed by atoms with van der Waals surface area (Å²) < 4.78 is 11.1. The molecule has 1 unspecified atom stereocenters. The van der Waals surface area contributed by atoms with Crippen molar-refractivity contribution in [2.75, 3.05) is 12.5 Å². The van der Waals surface area contributed by atoms with Gasteiger partial charge in [0.25, 0.3) is 0 Å². The molecule has 1 aliphatic rings. The number of ether oxygens (including phenoxy) is 1. The van der Waals surface area contributed by atoms with E-state index in [2.05, 4.69) is 4.98 Å². The van der Waals surface area contributed by atoms with Gasteiger partial charge in [-0.05, 0) is 19.3 Å². The molecule has 3 nitrogen and oxygen atoms in total. The SMILES string of the molecule is ClCCc1ncc(C2CCCCO2)o1. The van der Waals surface area contributed by atoms with E-state index in [1.165, 1.54) is 6.42 Å². The molecule has 0 amide bonds. The van der Waals surface area contributed by atoms with E-state index in [-0.39, 0.29) is 6.10 Å². The van der Waals surface area contributed by atoms with E-state index >= 15 is 0 Å². The summed E-state index contributed by atoms with van der Waals surface area (Å²) in [5, 5.41) is 0. The van der Waals surface area contributed by atoms with Crippen LogP contribution in [0.5, 0.6) is 0 Å². The predicted molar refractivity (Wildman–Crippen MR) is 53.5 cm³/mol. The molecule has 1 atom stereocenters. The van der Waals surface area contributed by atoms with Crippen LogP contribution in [0.4, 0.5) is 0 Å². The highest BCUT2D eigenvalue weighted by molar-refractivity contribution is 6.17. The van der Waals surface area contributed by atoms with Crippen LogP contribution in [-0.2, 0) is 11.2 Å². The normalized spacial score (nSPS) is 22.5. The number of halogens is 1. The van der Waals surface area contributed by atoms with Crippen LogP contribution < -0.4 is 0 Å². The molecule has 2 heterocycles. The fourth-order valence-electron chi connectivity index (χ4n) is 1.63. The Balaban J connectivity index is 2.00. The van der Waals surface area contributed by atoms with E-state index in [9.17, 15) is 0 Å². The van der Waals surface area contributed by atoms with Gasteiger partial charge in [-0.2, -0.15) is 0 Å². The van der Waals surface area contributed by atoms with Gasteiger partial charge in [0, 0.05) is 18.9 Å². The highest BCUT2D eigenvalue weighted by atomic mass is 35.5. The van der Waals surface area contributed by atoms with Crippen molar-refractivity contribution in [2.24, 2.45) is 0 Å². The number of oxazole rings is 1. The van der Waals surface area contributed by atoms with Crippen molar-refractivity contribution in [3.05, 3.63) is 17.8 Å². The third-order valence-electron chi connectivity index (χ3n) is 2.38. The minimum absolute atomic E-state index is 0.111. The van der Waals surface area contributed by atoms with Gasteiger partial charge in [-0.1, -0.05) is 0 Å². The van der Waals surface area contributed by atoms with Gasteiger partial charge in [-0.15, -0.1) is 11.6 Å². The van der Waals surface area contributed by atoms with Gasteiger partial charge in [0.1, 0.15) is 6.10 Å². The molecular weight excluding hydrogens is 202 g/mol. The standard InChI is InChI=1S/C10H14ClNO2/c11-5-4-10-12-7-9(14-10)8-3-1-2-6-13-8/h7-8H,1-6H2. The van der Waals surface area contributed by atoms with Crippen LogP contribution >= 0.6 is 11.6 Å². The van der Waals surface area contributed by atoms with Crippen LogP contribution in [0, 0.1) is 0 Å².